The van der Waals surface area contributed by atoms with Gasteiger partial charge in [0.25, 0.3) is 0 Å². The molecule has 0 unspecified atom stereocenters. The number of rotatable bonds is 11. The number of nitrogens with one attached hydrogen (secondary N) is 1. The fraction of sp³-hybridized carbons (Fsp3) is 0.241. The minimum atomic E-state index is -0.500. The van der Waals surface area contributed by atoms with Crippen LogP contribution in [0.1, 0.15) is 32.2 Å². The number of carbonyl (C=O) groups is 2. The standard InChI is InChI=1S/C29H30N4O4S2/c1-6-12-33-23(16-37-22-14-18(2)13-19(3)15-22)31-32-29(33)38-17-24(34)30-27-26(28(35)36-5)25(20(4)39-27)21-10-8-7-9-11-21/h6-11,13-15H,1,12,16-17H2,2-5H3,(H,30,34). The molecule has 2 aromatic carbocycles. The highest BCUT2D eigenvalue weighted by molar-refractivity contribution is 7.99. The lowest BCUT2D eigenvalue weighted by molar-refractivity contribution is -0.113. The molecule has 1 N–H and O–H groups in total. The van der Waals surface area contributed by atoms with E-state index in [1.54, 1.807) is 6.08 Å². The third kappa shape index (κ3) is 6.76. The summed E-state index contributed by atoms with van der Waals surface area (Å²) >= 11 is 2.60. The molecular formula is C29H30N4O4S2. The van der Waals surface area contributed by atoms with Crippen molar-refractivity contribution in [3.8, 4) is 16.9 Å². The first-order valence-corrected chi connectivity index (χ1v) is 14.0. The molecule has 0 aliphatic heterocycles. The molecule has 0 bridgehead atoms. The van der Waals surface area contributed by atoms with Crippen LogP contribution in [0.3, 0.4) is 0 Å². The smallest absolute Gasteiger partial charge is 0.341 e. The van der Waals surface area contributed by atoms with Crippen molar-refractivity contribution in [2.75, 3.05) is 18.2 Å². The van der Waals surface area contributed by atoms with Crippen LogP contribution in [0.25, 0.3) is 11.1 Å². The minimum absolute atomic E-state index is 0.0748. The molecule has 0 atom stereocenters. The number of carbonyl (C=O) groups excluding carboxylic acids is 2. The first-order valence-electron chi connectivity index (χ1n) is 12.2. The SMILES string of the molecule is C=CCn1c(COc2cc(C)cc(C)c2)nnc1SCC(=O)Nc1sc(C)c(-c2ccccc2)c1C(=O)OC. The van der Waals surface area contributed by atoms with Gasteiger partial charge in [0.05, 0.1) is 12.9 Å². The van der Waals surface area contributed by atoms with Crippen molar-refractivity contribution in [1.29, 1.82) is 0 Å². The van der Waals surface area contributed by atoms with E-state index in [1.165, 1.54) is 30.2 Å². The van der Waals surface area contributed by atoms with Gasteiger partial charge in [0, 0.05) is 17.0 Å². The number of amides is 1. The number of aryl methyl sites for hydroxylation is 3. The zero-order valence-corrected chi connectivity index (χ0v) is 23.9. The van der Waals surface area contributed by atoms with Gasteiger partial charge in [-0.1, -0.05) is 54.2 Å². The van der Waals surface area contributed by atoms with Crippen molar-refractivity contribution in [2.24, 2.45) is 0 Å². The second-order valence-electron chi connectivity index (χ2n) is 8.84. The number of anilines is 1. The Balaban J connectivity index is 1.47. The number of ether oxygens (including phenoxy) is 2. The number of nitrogens with zero attached hydrogens (tertiary/aromatic N) is 3. The van der Waals surface area contributed by atoms with Gasteiger partial charge in [-0.05, 0) is 49.6 Å². The summed E-state index contributed by atoms with van der Waals surface area (Å²) in [5.41, 5.74) is 4.23. The summed E-state index contributed by atoms with van der Waals surface area (Å²) in [5.74, 6) is 0.696. The van der Waals surface area contributed by atoms with Gasteiger partial charge in [0.1, 0.15) is 22.9 Å². The molecule has 202 valence electrons. The lowest BCUT2D eigenvalue weighted by Gasteiger charge is -2.10. The van der Waals surface area contributed by atoms with Crippen molar-refractivity contribution in [2.45, 2.75) is 39.1 Å². The van der Waals surface area contributed by atoms with Gasteiger partial charge in [-0.2, -0.15) is 0 Å². The van der Waals surface area contributed by atoms with Gasteiger partial charge in [-0.3, -0.25) is 9.36 Å². The second kappa shape index (κ2) is 12.8. The van der Waals surface area contributed by atoms with Crippen LogP contribution in [-0.4, -0.2) is 39.5 Å². The van der Waals surface area contributed by atoms with Crippen LogP contribution in [0.15, 0.2) is 66.3 Å². The number of thioether (sulfide) groups is 1. The summed E-state index contributed by atoms with van der Waals surface area (Å²) in [5, 5.41) is 12.5. The fourth-order valence-corrected chi connectivity index (χ4v) is 6.03. The Hall–Kier alpha value is -3.89. The normalized spacial score (nSPS) is 10.8. The van der Waals surface area contributed by atoms with Crippen molar-refractivity contribution in [3.05, 3.63) is 88.6 Å². The number of hydrogen-bond acceptors (Lipinski definition) is 8. The topological polar surface area (TPSA) is 95.3 Å². The molecule has 39 heavy (non-hydrogen) atoms. The van der Waals surface area contributed by atoms with Crippen molar-refractivity contribution in [3.63, 3.8) is 0 Å². The van der Waals surface area contributed by atoms with Crippen LogP contribution in [0.2, 0.25) is 0 Å². The average Bonchev–Trinajstić information content (AvgIpc) is 3.45. The van der Waals surface area contributed by atoms with E-state index in [0.29, 0.717) is 28.1 Å². The summed E-state index contributed by atoms with van der Waals surface area (Å²) < 4.78 is 12.9. The molecule has 10 heteroatoms. The maximum absolute atomic E-state index is 13.0. The van der Waals surface area contributed by atoms with E-state index in [0.717, 1.165) is 32.9 Å². The molecule has 0 saturated heterocycles. The van der Waals surface area contributed by atoms with E-state index < -0.39 is 5.97 Å². The molecule has 0 aliphatic rings. The highest BCUT2D eigenvalue weighted by atomic mass is 32.2. The van der Waals surface area contributed by atoms with E-state index in [4.69, 9.17) is 9.47 Å². The molecule has 1 amide bonds. The Morgan fingerprint density at radius 3 is 2.49 bits per heavy atom. The van der Waals surface area contributed by atoms with E-state index in [9.17, 15) is 9.59 Å². The first-order chi connectivity index (χ1) is 18.8. The molecule has 2 aromatic heterocycles. The molecule has 4 rings (SSSR count). The molecular weight excluding hydrogens is 532 g/mol. The number of methoxy groups -OCH3 is 1. The number of aromatic nitrogens is 3. The van der Waals surface area contributed by atoms with Gasteiger partial charge >= 0.3 is 5.97 Å². The van der Waals surface area contributed by atoms with Crippen molar-refractivity contribution in [1.82, 2.24) is 14.8 Å². The number of benzene rings is 2. The summed E-state index contributed by atoms with van der Waals surface area (Å²) in [4.78, 5) is 26.6. The average molecular weight is 563 g/mol. The quantitative estimate of drug-likeness (QED) is 0.132. The zero-order valence-electron chi connectivity index (χ0n) is 22.3. The molecule has 8 nitrogen and oxygen atoms in total. The lowest BCUT2D eigenvalue weighted by Crippen LogP contribution is -2.16. The van der Waals surface area contributed by atoms with E-state index in [2.05, 4.69) is 28.2 Å². The number of allylic oxidation sites excluding steroid dienone is 1. The number of hydrogen-bond donors (Lipinski definition) is 1. The Labute approximate surface area is 236 Å². The summed E-state index contributed by atoms with van der Waals surface area (Å²) in [6, 6.07) is 15.6. The third-order valence-corrected chi connectivity index (χ3v) is 7.78. The number of thiophene rings is 1. The molecule has 0 fully saturated rings. The summed E-state index contributed by atoms with van der Waals surface area (Å²) in [7, 11) is 1.33. The summed E-state index contributed by atoms with van der Waals surface area (Å²) in [6.45, 7) is 10.5. The van der Waals surface area contributed by atoms with Gasteiger partial charge in [-0.15, -0.1) is 28.1 Å². The fourth-order valence-electron chi connectivity index (χ4n) is 4.18. The van der Waals surface area contributed by atoms with Gasteiger partial charge in [0.15, 0.2) is 11.0 Å². The van der Waals surface area contributed by atoms with Crippen LogP contribution < -0.4 is 10.1 Å². The van der Waals surface area contributed by atoms with Crippen molar-refractivity contribution < 1.29 is 19.1 Å². The Morgan fingerprint density at radius 2 is 1.82 bits per heavy atom. The monoisotopic (exact) mass is 562 g/mol. The largest absolute Gasteiger partial charge is 0.486 e. The maximum atomic E-state index is 13.0. The second-order valence-corrected chi connectivity index (χ2v) is 11.0. The highest BCUT2D eigenvalue weighted by Gasteiger charge is 2.25. The predicted octanol–water partition coefficient (Wildman–Crippen LogP) is 6.21. The third-order valence-electron chi connectivity index (χ3n) is 5.79. The van der Waals surface area contributed by atoms with Crippen LogP contribution in [0.5, 0.6) is 5.75 Å². The highest BCUT2D eigenvalue weighted by Crippen LogP contribution is 2.40. The van der Waals surface area contributed by atoms with Gasteiger partial charge in [-0.25, -0.2) is 4.79 Å². The zero-order chi connectivity index (χ0) is 27.9. The lowest BCUT2D eigenvalue weighted by atomic mass is 10.0. The van der Waals surface area contributed by atoms with Gasteiger partial charge < -0.3 is 14.8 Å². The van der Waals surface area contributed by atoms with Crippen LogP contribution in [-0.2, 0) is 22.7 Å². The summed E-state index contributed by atoms with van der Waals surface area (Å²) in [6.07, 6.45) is 1.75. The molecule has 0 saturated carbocycles. The Morgan fingerprint density at radius 1 is 1.10 bits per heavy atom. The van der Waals surface area contributed by atoms with E-state index in [1.807, 2.05) is 67.8 Å². The predicted molar refractivity (Wildman–Crippen MR) is 156 cm³/mol. The van der Waals surface area contributed by atoms with Crippen molar-refractivity contribution >= 4 is 40.0 Å². The Kier molecular flexibility index (Phi) is 9.21. The van der Waals surface area contributed by atoms with Gasteiger partial charge in [0.2, 0.25) is 5.91 Å². The maximum Gasteiger partial charge on any atom is 0.341 e. The van der Waals surface area contributed by atoms with E-state index >= 15 is 0 Å². The van der Waals surface area contributed by atoms with Crippen LogP contribution >= 0.6 is 23.1 Å². The van der Waals surface area contributed by atoms with Crippen LogP contribution in [0, 0.1) is 20.8 Å². The molecule has 2 heterocycles. The molecule has 0 spiro atoms. The first kappa shape index (κ1) is 28.1. The Bertz CT molecular complexity index is 1470. The molecule has 0 aliphatic carbocycles. The molecule has 0 radical (unpaired) electrons. The molecule has 4 aromatic rings. The number of esters is 1. The minimum Gasteiger partial charge on any atom is -0.486 e. The van der Waals surface area contributed by atoms with Crippen LogP contribution in [0.4, 0.5) is 5.00 Å². The van der Waals surface area contributed by atoms with E-state index in [-0.39, 0.29) is 18.3 Å².